The molecule has 98 valence electrons. The Labute approximate surface area is 120 Å². The molecule has 0 saturated heterocycles. The predicted octanol–water partition coefficient (Wildman–Crippen LogP) is 4.45. The summed E-state index contributed by atoms with van der Waals surface area (Å²) in [7, 11) is 0. The SMILES string of the molecule is Cc1cccc(SCc2sccc2C=CC(=O)O)c1. The largest absolute Gasteiger partial charge is 0.478 e. The lowest BCUT2D eigenvalue weighted by molar-refractivity contribution is -0.131. The van der Waals surface area contributed by atoms with E-state index in [4.69, 9.17) is 5.11 Å². The molecule has 1 heterocycles. The molecule has 0 saturated carbocycles. The van der Waals surface area contributed by atoms with Crippen LogP contribution in [0.3, 0.4) is 0 Å². The van der Waals surface area contributed by atoms with E-state index < -0.39 is 5.97 Å². The van der Waals surface area contributed by atoms with E-state index in [9.17, 15) is 4.79 Å². The first-order chi connectivity index (χ1) is 9.15. The Morgan fingerprint density at radius 2 is 2.26 bits per heavy atom. The molecule has 0 unspecified atom stereocenters. The monoisotopic (exact) mass is 290 g/mol. The zero-order valence-electron chi connectivity index (χ0n) is 10.5. The van der Waals surface area contributed by atoms with Crippen molar-refractivity contribution >= 4 is 35.1 Å². The third kappa shape index (κ3) is 4.26. The molecule has 0 bridgehead atoms. The van der Waals surface area contributed by atoms with Crippen LogP contribution in [0.4, 0.5) is 0 Å². The Balaban J connectivity index is 2.04. The molecular weight excluding hydrogens is 276 g/mol. The van der Waals surface area contributed by atoms with Crippen molar-refractivity contribution in [1.82, 2.24) is 0 Å². The number of aliphatic carboxylic acids is 1. The van der Waals surface area contributed by atoms with E-state index in [2.05, 4.69) is 31.2 Å². The number of rotatable bonds is 5. The number of thiophene rings is 1. The van der Waals surface area contributed by atoms with Gasteiger partial charge >= 0.3 is 5.97 Å². The van der Waals surface area contributed by atoms with Gasteiger partial charge in [-0.2, -0.15) is 0 Å². The van der Waals surface area contributed by atoms with Gasteiger partial charge in [-0.1, -0.05) is 17.7 Å². The standard InChI is InChI=1S/C15H14O2S2/c1-11-3-2-4-13(9-11)19-10-14-12(7-8-18-14)5-6-15(16)17/h2-9H,10H2,1H3,(H,16,17). The maximum atomic E-state index is 10.5. The third-order valence-electron chi connectivity index (χ3n) is 2.54. The summed E-state index contributed by atoms with van der Waals surface area (Å²) >= 11 is 3.43. The van der Waals surface area contributed by atoms with Crippen LogP contribution >= 0.6 is 23.1 Å². The van der Waals surface area contributed by atoms with Gasteiger partial charge in [0.05, 0.1) is 0 Å². The van der Waals surface area contributed by atoms with E-state index in [1.807, 2.05) is 11.4 Å². The van der Waals surface area contributed by atoms with Crippen LogP contribution in [0.5, 0.6) is 0 Å². The third-order valence-corrected chi connectivity index (χ3v) is 4.68. The molecule has 0 spiro atoms. The van der Waals surface area contributed by atoms with Crippen LogP contribution in [0.25, 0.3) is 6.08 Å². The van der Waals surface area contributed by atoms with Gasteiger partial charge in [0, 0.05) is 21.6 Å². The lowest BCUT2D eigenvalue weighted by Gasteiger charge is -2.02. The zero-order valence-corrected chi connectivity index (χ0v) is 12.1. The van der Waals surface area contributed by atoms with Gasteiger partial charge in [-0.15, -0.1) is 23.1 Å². The van der Waals surface area contributed by atoms with Gasteiger partial charge in [0.15, 0.2) is 0 Å². The molecule has 0 amide bonds. The molecule has 0 aliphatic heterocycles. The summed E-state index contributed by atoms with van der Waals surface area (Å²) in [6.07, 6.45) is 2.84. The second kappa shape index (κ2) is 6.59. The molecule has 19 heavy (non-hydrogen) atoms. The van der Waals surface area contributed by atoms with Crippen molar-refractivity contribution in [2.75, 3.05) is 0 Å². The summed E-state index contributed by atoms with van der Waals surface area (Å²) in [4.78, 5) is 13.0. The average molecular weight is 290 g/mol. The fraction of sp³-hybridized carbons (Fsp3) is 0.133. The highest BCUT2D eigenvalue weighted by Crippen LogP contribution is 2.28. The fourth-order valence-corrected chi connectivity index (χ4v) is 3.64. The van der Waals surface area contributed by atoms with Crippen molar-refractivity contribution in [3.63, 3.8) is 0 Å². The van der Waals surface area contributed by atoms with E-state index in [0.29, 0.717) is 0 Å². The molecule has 1 N–H and O–H groups in total. The summed E-state index contributed by atoms with van der Waals surface area (Å²) in [5.41, 5.74) is 2.25. The second-order valence-electron chi connectivity index (χ2n) is 4.08. The molecule has 2 aromatic rings. The minimum absolute atomic E-state index is 0.862. The van der Waals surface area contributed by atoms with Gasteiger partial charge in [-0.05, 0) is 42.1 Å². The molecule has 1 aromatic carbocycles. The van der Waals surface area contributed by atoms with Gasteiger partial charge in [0.2, 0.25) is 0 Å². The minimum Gasteiger partial charge on any atom is -0.478 e. The van der Waals surface area contributed by atoms with Crippen molar-refractivity contribution in [2.24, 2.45) is 0 Å². The zero-order chi connectivity index (χ0) is 13.7. The normalized spacial score (nSPS) is 11.0. The summed E-state index contributed by atoms with van der Waals surface area (Å²) in [5, 5.41) is 10.6. The maximum Gasteiger partial charge on any atom is 0.328 e. The average Bonchev–Trinajstić information content (AvgIpc) is 2.81. The summed E-state index contributed by atoms with van der Waals surface area (Å²) in [6, 6.07) is 10.3. The Bertz CT molecular complexity index is 600. The van der Waals surface area contributed by atoms with Gasteiger partial charge in [0.1, 0.15) is 0 Å². The number of hydrogen-bond donors (Lipinski definition) is 1. The summed E-state index contributed by atoms with van der Waals surface area (Å²) < 4.78 is 0. The molecule has 0 aliphatic carbocycles. The number of thioether (sulfide) groups is 1. The second-order valence-corrected chi connectivity index (χ2v) is 6.13. The summed E-state index contributed by atoms with van der Waals surface area (Å²) in [5.74, 6) is -0.0519. The molecule has 2 rings (SSSR count). The van der Waals surface area contributed by atoms with Crippen molar-refractivity contribution in [3.8, 4) is 0 Å². The van der Waals surface area contributed by atoms with E-state index in [1.165, 1.54) is 21.4 Å². The van der Waals surface area contributed by atoms with Crippen LogP contribution in [-0.2, 0) is 10.5 Å². The van der Waals surface area contributed by atoms with Crippen LogP contribution in [0.1, 0.15) is 16.0 Å². The van der Waals surface area contributed by atoms with Crippen molar-refractivity contribution < 1.29 is 9.90 Å². The fourth-order valence-electron chi connectivity index (χ4n) is 1.63. The number of aryl methyl sites for hydroxylation is 1. The summed E-state index contributed by atoms with van der Waals surface area (Å²) in [6.45, 7) is 2.08. The van der Waals surface area contributed by atoms with Gasteiger partial charge in [0.25, 0.3) is 0 Å². The molecule has 0 aliphatic rings. The van der Waals surface area contributed by atoms with Crippen LogP contribution in [0, 0.1) is 6.92 Å². The maximum absolute atomic E-state index is 10.5. The van der Waals surface area contributed by atoms with Crippen LogP contribution < -0.4 is 0 Å². The van der Waals surface area contributed by atoms with E-state index in [0.717, 1.165) is 11.3 Å². The number of carboxylic acid groups (broad SMARTS) is 1. The highest BCUT2D eigenvalue weighted by atomic mass is 32.2. The van der Waals surface area contributed by atoms with E-state index >= 15 is 0 Å². The first-order valence-corrected chi connectivity index (χ1v) is 7.68. The Morgan fingerprint density at radius 3 is 3.00 bits per heavy atom. The highest BCUT2D eigenvalue weighted by molar-refractivity contribution is 7.98. The molecule has 4 heteroatoms. The lowest BCUT2D eigenvalue weighted by Crippen LogP contribution is -1.86. The predicted molar refractivity (Wildman–Crippen MR) is 81.7 cm³/mol. The minimum atomic E-state index is -0.913. The van der Waals surface area contributed by atoms with E-state index in [-0.39, 0.29) is 0 Å². The van der Waals surface area contributed by atoms with E-state index in [1.54, 1.807) is 29.2 Å². The Morgan fingerprint density at radius 1 is 1.42 bits per heavy atom. The topological polar surface area (TPSA) is 37.3 Å². The first kappa shape index (κ1) is 13.9. The Kier molecular flexibility index (Phi) is 4.82. The van der Waals surface area contributed by atoms with Gasteiger partial charge in [-0.25, -0.2) is 4.79 Å². The molecule has 1 aromatic heterocycles. The van der Waals surface area contributed by atoms with Crippen molar-refractivity contribution in [1.29, 1.82) is 0 Å². The lowest BCUT2D eigenvalue weighted by atomic mass is 10.2. The highest BCUT2D eigenvalue weighted by Gasteiger charge is 2.03. The number of carboxylic acids is 1. The molecular formula is C15H14O2S2. The number of benzene rings is 1. The Hall–Kier alpha value is -1.52. The molecule has 0 radical (unpaired) electrons. The molecule has 2 nitrogen and oxygen atoms in total. The molecule has 0 atom stereocenters. The van der Waals surface area contributed by atoms with Crippen LogP contribution in [0.15, 0.2) is 46.7 Å². The van der Waals surface area contributed by atoms with Gasteiger partial charge < -0.3 is 5.11 Å². The van der Waals surface area contributed by atoms with Crippen molar-refractivity contribution in [3.05, 3.63) is 57.8 Å². The van der Waals surface area contributed by atoms with Crippen LogP contribution in [0.2, 0.25) is 0 Å². The quantitative estimate of drug-likeness (QED) is 0.653. The number of hydrogen-bond acceptors (Lipinski definition) is 3. The van der Waals surface area contributed by atoms with Crippen LogP contribution in [-0.4, -0.2) is 11.1 Å². The molecule has 0 fully saturated rings. The smallest absolute Gasteiger partial charge is 0.328 e. The first-order valence-electron chi connectivity index (χ1n) is 5.82. The van der Waals surface area contributed by atoms with Gasteiger partial charge in [-0.3, -0.25) is 0 Å². The number of carbonyl (C=O) groups is 1. The van der Waals surface area contributed by atoms with Crippen molar-refractivity contribution in [2.45, 2.75) is 17.6 Å².